The monoisotopic (exact) mass is 180 g/mol. The average molecular weight is 180 g/mol. The molecule has 0 saturated heterocycles. The molecular formula is C11H6N3. The van der Waals surface area contributed by atoms with Gasteiger partial charge >= 0.3 is 0 Å². The fourth-order valence-electron chi connectivity index (χ4n) is 1.18. The number of pyridine rings is 2. The van der Waals surface area contributed by atoms with Gasteiger partial charge < -0.3 is 0 Å². The molecule has 65 valence electrons. The van der Waals surface area contributed by atoms with E-state index in [1.807, 2.05) is 12.1 Å². The average Bonchev–Trinajstić information content (AvgIpc) is 2.30. The summed E-state index contributed by atoms with van der Waals surface area (Å²) in [6.07, 6.45) is 3.17. The van der Waals surface area contributed by atoms with Crippen LogP contribution in [-0.2, 0) is 0 Å². The van der Waals surface area contributed by atoms with Crippen LogP contribution >= 0.6 is 0 Å². The second kappa shape index (κ2) is 3.67. The Morgan fingerprint density at radius 1 is 1.29 bits per heavy atom. The van der Waals surface area contributed by atoms with Crippen molar-refractivity contribution in [3.8, 4) is 17.3 Å². The van der Waals surface area contributed by atoms with E-state index in [4.69, 9.17) is 5.26 Å². The Balaban J connectivity index is 2.58. The molecule has 3 heteroatoms. The fraction of sp³-hybridized carbons (Fsp3) is 0. The molecule has 0 aromatic carbocycles. The summed E-state index contributed by atoms with van der Waals surface area (Å²) >= 11 is 0. The number of nitriles is 1. The molecule has 2 heterocycles. The van der Waals surface area contributed by atoms with Crippen LogP contribution in [0.25, 0.3) is 11.3 Å². The predicted molar refractivity (Wildman–Crippen MR) is 51.0 cm³/mol. The molecule has 2 aromatic rings. The third-order valence-electron chi connectivity index (χ3n) is 1.81. The van der Waals surface area contributed by atoms with Gasteiger partial charge in [-0.05, 0) is 18.2 Å². The highest BCUT2D eigenvalue weighted by Crippen LogP contribution is 2.17. The quantitative estimate of drug-likeness (QED) is 0.672. The molecule has 0 bridgehead atoms. The number of aromatic nitrogens is 2. The van der Waals surface area contributed by atoms with E-state index in [1.165, 1.54) is 0 Å². The number of hydrogen-bond donors (Lipinski definition) is 0. The molecule has 0 fully saturated rings. The molecule has 0 aliphatic carbocycles. The third kappa shape index (κ3) is 1.46. The fourth-order valence-corrected chi connectivity index (χ4v) is 1.18. The zero-order valence-corrected chi connectivity index (χ0v) is 7.31. The largest absolute Gasteiger partial charge is 0.256 e. The first-order chi connectivity index (χ1) is 6.92. The lowest BCUT2D eigenvalue weighted by Gasteiger charge is -2.00. The molecule has 0 amide bonds. The minimum atomic E-state index is 0.395. The summed E-state index contributed by atoms with van der Waals surface area (Å²) < 4.78 is 0. The van der Waals surface area contributed by atoms with Crippen molar-refractivity contribution in [2.24, 2.45) is 0 Å². The summed E-state index contributed by atoms with van der Waals surface area (Å²) in [5, 5.41) is 8.83. The molecule has 0 aliphatic heterocycles. The van der Waals surface area contributed by atoms with Crippen molar-refractivity contribution in [2.45, 2.75) is 0 Å². The van der Waals surface area contributed by atoms with Crippen LogP contribution in [0, 0.1) is 17.4 Å². The number of nitrogens with zero attached hydrogens (tertiary/aromatic N) is 3. The molecule has 0 aliphatic rings. The Morgan fingerprint density at radius 3 is 2.93 bits per heavy atom. The Kier molecular flexibility index (Phi) is 2.20. The molecular weight excluding hydrogens is 174 g/mol. The molecule has 0 atom stereocenters. The normalized spacial score (nSPS) is 9.36. The highest BCUT2D eigenvalue weighted by atomic mass is 14.7. The van der Waals surface area contributed by atoms with Crippen LogP contribution < -0.4 is 0 Å². The lowest BCUT2D eigenvalue weighted by molar-refractivity contribution is 1.24. The van der Waals surface area contributed by atoms with Crippen LogP contribution in [0.15, 0.2) is 36.7 Å². The van der Waals surface area contributed by atoms with Gasteiger partial charge in [0.15, 0.2) is 0 Å². The molecule has 0 N–H and O–H groups in total. The van der Waals surface area contributed by atoms with Gasteiger partial charge in [-0.1, -0.05) is 6.07 Å². The first kappa shape index (κ1) is 8.39. The van der Waals surface area contributed by atoms with Gasteiger partial charge in [0.1, 0.15) is 11.8 Å². The molecule has 0 saturated carbocycles. The maximum atomic E-state index is 8.83. The van der Waals surface area contributed by atoms with E-state index < -0.39 is 0 Å². The lowest BCUT2D eigenvalue weighted by atomic mass is 10.1. The molecule has 2 rings (SSSR count). The van der Waals surface area contributed by atoms with Crippen LogP contribution in [0.2, 0.25) is 0 Å². The van der Waals surface area contributed by atoms with Crippen molar-refractivity contribution in [3.05, 3.63) is 48.4 Å². The predicted octanol–water partition coefficient (Wildman–Crippen LogP) is 1.82. The topological polar surface area (TPSA) is 49.6 Å². The van der Waals surface area contributed by atoms with E-state index in [2.05, 4.69) is 16.0 Å². The lowest BCUT2D eigenvalue weighted by Crippen LogP contribution is -1.89. The standard InChI is InChI=1S/C11H6N3/c12-8-11-9(4-3-7-14-11)10-5-1-2-6-13-10/h1,3-7H. The van der Waals surface area contributed by atoms with Crippen LogP contribution in [-0.4, -0.2) is 9.97 Å². The number of hydrogen-bond acceptors (Lipinski definition) is 3. The SMILES string of the molecule is N#Cc1ncccc1-c1cc[c]cn1. The summed E-state index contributed by atoms with van der Waals surface area (Å²) in [4.78, 5) is 8.07. The second-order valence-electron chi connectivity index (χ2n) is 2.65. The molecule has 14 heavy (non-hydrogen) atoms. The van der Waals surface area contributed by atoms with E-state index >= 15 is 0 Å². The summed E-state index contributed by atoms with van der Waals surface area (Å²) in [6.45, 7) is 0. The first-order valence-electron chi connectivity index (χ1n) is 4.09. The van der Waals surface area contributed by atoms with Gasteiger partial charge in [0, 0.05) is 24.0 Å². The minimum Gasteiger partial charge on any atom is -0.256 e. The van der Waals surface area contributed by atoms with Gasteiger partial charge in [0.2, 0.25) is 0 Å². The van der Waals surface area contributed by atoms with E-state index in [0.29, 0.717) is 5.69 Å². The smallest absolute Gasteiger partial charge is 0.149 e. The van der Waals surface area contributed by atoms with Crippen molar-refractivity contribution >= 4 is 0 Å². The van der Waals surface area contributed by atoms with E-state index in [9.17, 15) is 0 Å². The maximum Gasteiger partial charge on any atom is 0.149 e. The van der Waals surface area contributed by atoms with Gasteiger partial charge in [-0.15, -0.1) is 0 Å². The molecule has 2 aromatic heterocycles. The highest BCUT2D eigenvalue weighted by molar-refractivity contribution is 5.64. The van der Waals surface area contributed by atoms with Gasteiger partial charge in [0.25, 0.3) is 0 Å². The van der Waals surface area contributed by atoms with Crippen molar-refractivity contribution in [1.29, 1.82) is 5.26 Å². The summed E-state index contributed by atoms with van der Waals surface area (Å²) in [5.74, 6) is 0. The Labute approximate surface area is 81.7 Å². The van der Waals surface area contributed by atoms with E-state index in [0.717, 1.165) is 11.3 Å². The Bertz CT molecular complexity index is 471. The van der Waals surface area contributed by atoms with Gasteiger partial charge in [-0.3, -0.25) is 4.98 Å². The Hall–Kier alpha value is -2.21. The highest BCUT2D eigenvalue weighted by Gasteiger charge is 2.04. The zero-order valence-electron chi connectivity index (χ0n) is 7.31. The van der Waals surface area contributed by atoms with E-state index in [-0.39, 0.29) is 0 Å². The van der Waals surface area contributed by atoms with Gasteiger partial charge in [-0.2, -0.15) is 5.26 Å². The molecule has 3 nitrogen and oxygen atoms in total. The van der Waals surface area contributed by atoms with Crippen LogP contribution in [0.4, 0.5) is 0 Å². The van der Waals surface area contributed by atoms with Gasteiger partial charge in [0.05, 0.1) is 5.69 Å². The summed E-state index contributed by atoms with van der Waals surface area (Å²) in [7, 11) is 0. The van der Waals surface area contributed by atoms with Crippen molar-refractivity contribution in [2.75, 3.05) is 0 Å². The van der Waals surface area contributed by atoms with Crippen LogP contribution in [0.5, 0.6) is 0 Å². The summed E-state index contributed by atoms with van der Waals surface area (Å²) in [5.41, 5.74) is 1.89. The van der Waals surface area contributed by atoms with Crippen LogP contribution in [0.3, 0.4) is 0 Å². The van der Waals surface area contributed by atoms with Crippen molar-refractivity contribution in [3.63, 3.8) is 0 Å². The molecule has 0 unspecified atom stereocenters. The molecule has 0 spiro atoms. The van der Waals surface area contributed by atoms with Crippen molar-refractivity contribution < 1.29 is 0 Å². The van der Waals surface area contributed by atoms with E-state index in [1.54, 1.807) is 30.6 Å². The Morgan fingerprint density at radius 2 is 2.21 bits per heavy atom. The molecule has 1 radical (unpaired) electrons. The minimum absolute atomic E-state index is 0.395. The van der Waals surface area contributed by atoms with Gasteiger partial charge in [-0.25, -0.2) is 4.98 Å². The zero-order chi connectivity index (χ0) is 9.80. The van der Waals surface area contributed by atoms with Crippen LogP contribution in [0.1, 0.15) is 5.69 Å². The third-order valence-corrected chi connectivity index (χ3v) is 1.81. The number of rotatable bonds is 1. The maximum absolute atomic E-state index is 8.83. The first-order valence-corrected chi connectivity index (χ1v) is 4.09. The van der Waals surface area contributed by atoms with Crippen molar-refractivity contribution in [1.82, 2.24) is 9.97 Å². The second-order valence-corrected chi connectivity index (χ2v) is 2.65. The summed E-state index contributed by atoms with van der Waals surface area (Å²) in [6, 6.07) is 12.0.